The molecule has 10 heteroatoms. The van der Waals surface area contributed by atoms with Crippen LogP contribution in [0.2, 0.25) is 0 Å². The van der Waals surface area contributed by atoms with Crippen molar-refractivity contribution in [3.8, 4) is 11.5 Å². The summed E-state index contributed by atoms with van der Waals surface area (Å²) in [6, 6.07) is 3.17. The first-order chi connectivity index (χ1) is 14.6. The normalized spacial score (nSPS) is 16.2. The molecular formula is C21H23NO9. The van der Waals surface area contributed by atoms with Gasteiger partial charge in [0.25, 0.3) is 5.91 Å². The quantitative estimate of drug-likeness (QED) is 0.270. The van der Waals surface area contributed by atoms with Gasteiger partial charge in [0, 0.05) is 13.8 Å². The van der Waals surface area contributed by atoms with E-state index in [0.29, 0.717) is 11.1 Å². The lowest BCUT2D eigenvalue weighted by atomic mass is 10.1. The van der Waals surface area contributed by atoms with Gasteiger partial charge in [-0.2, -0.15) is 0 Å². The van der Waals surface area contributed by atoms with Gasteiger partial charge in [-0.25, -0.2) is 4.79 Å². The lowest BCUT2D eigenvalue weighted by Gasteiger charge is -2.17. The molecule has 1 heterocycles. The standard InChI is InChI=1S/C21H23NO9/c1-11-6-14(8-16(28-4)19(11)31-13(3)24)7-15(21(27)29-5)10-22-18(25)9-17(20(22)26)30-12(2)23/h6-8,17H,9-10H2,1-5H3/b15-7+/t17-/m0/s1. The summed E-state index contributed by atoms with van der Waals surface area (Å²) in [4.78, 5) is 60.3. The highest BCUT2D eigenvalue weighted by Gasteiger charge is 2.41. The SMILES string of the molecule is COC(=O)/C(=C/c1cc(C)c(OC(C)=O)c(OC)c1)CN1C(=O)C[C@H](OC(C)=O)C1=O. The number of carbonyl (C=O) groups excluding carboxylic acids is 5. The van der Waals surface area contributed by atoms with Crippen LogP contribution in [0.25, 0.3) is 6.08 Å². The molecule has 0 spiro atoms. The summed E-state index contributed by atoms with van der Waals surface area (Å²) in [5, 5.41) is 0. The minimum atomic E-state index is -1.21. The number of benzene rings is 1. The van der Waals surface area contributed by atoms with Crippen molar-refractivity contribution in [1.82, 2.24) is 4.90 Å². The Bertz CT molecular complexity index is 964. The molecular weight excluding hydrogens is 410 g/mol. The number of esters is 3. The van der Waals surface area contributed by atoms with Crippen molar-refractivity contribution in [3.63, 3.8) is 0 Å². The van der Waals surface area contributed by atoms with Gasteiger partial charge >= 0.3 is 17.9 Å². The molecule has 1 fully saturated rings. The van der Waals surface area contributed by atoms with Crippen molar-refractivity contribution in [2.24, 2.45) is 0 Å². The second-order valence-electron chi connectivity index (χ2n) is 6.74. The Labute approximate surface area is 178 Å². The smallest absolute Gasteiger partial charge is 0.335 e. The Morgan fingerprint density at radius 3 is 2.35 bits per heavy atom. The van der Waals surface area contributed by atoms with Crippen LogP contribution in [-0.2, 0) is 33.4 Å². The number of hydrogen-bond acceptors (Lipinski definition) is 9. The topological polar surface area (TPSA) is 126 Å². The maximum atomic E-state index is 12.4. The predicted octanol–water partition coefficient (Wildman–Crippen LogP) is 1.18. The Hall–Kier alpha value is -3.69. The number of rotatable bonds is 7. The summed E-state index contributed by atoms with van der Waals surface area (Å²) in [5.41, 5.74) is 1.06. The average molecular weight is 433 g/mol. The minimum absolute atomic E-state index is 0.00867. The lowest BCUT2D eigenvalue weighted by Crippen LogP contribution is -2.36. The summed E-state index contributed by atoms with van der Waals surface area (Å²) in [6.45, 7) is 3.72. The molecule has 10 nitrogen and oxygen atoms in total. The van der Waals surface area contributed by atoms with Crippen LogP contribution in [0.15, 0.2) is 17.7 Å². The van der Waals surface area contributed by atoms with E-state index >= 15 is 0 Å². The van der Waals surface area contributed by atoms with E-state index in [-0.39, 0.29) is 30.0 Å². The summed E-state index contributed by atoms with van der Waals surface area (Å²) < 4.78 is 20.1. The molecule has 0 saturated carbocycles. The number of ether oxygens (including phenoxy) is 4. The first-order valence-electron chi connectivity index (χ1n) is 9.24. The van der Waals surface area contributed by atoms with Gasteiger partial charge in [-0.1, -0.05) is 0 Å². The number of amides is 2. The first-order valence-corrected chi connectivity index (χ1v) is 9.24. The van der Waals surface area contributed by atoms with Gasteiger partial charge in [0.1, 0.15) is 0 Å². The third-order valence-corrected chi connectivity index (χ3v) is 4.36. The van der Waals surface area contributed by atoms with E-state index in [4.69, 9.17) is 18.9 Å². The van der Waals surface area contributed by atoms with Crippen molar-refractivity contribution in [3.05, 3.63) is 28.8 Å². The molecule has 1 atom stereocenters. The molecule has 1 aliphatic heterocycles. The van der Waals surface area contributed by atoms with E-state index in [0.717, 1.165) is 11.8 Å². The largest absolute Gasteiger partial charge is 0.493 e. The highest BCUT2D eigenvalue weighted by atomic mass is 16.6. The van der Waals surface area contributed by atoms with Gasteiger partial charge in [-0.15, -0.1) is 0 Å². The van der Waals surface area contributed by atoms with Crippen LogP contribution in [0, 0.1) is 6.92 Å². The molecule has 2 amide bonds. The molecule has 1 saturated heterocycles. The Balaban J connectivity index is 2.39. The summed E-state index contributed by atoms with van der Waals surface area (Å²) in [5.74, 6) is -2.76. The maximum absolute atomic E-state index is 12.4. The van der Waals surface area contributed by atoms with Gasteiger partial charge in [-0.3, -0.25) is 24.1 Å². The van der Waals surface area contributed by atoms with Crippen LogP contribution in [0.4, 0.5) is 0 Å². The molecule has 166 valence electrons. The van der Waals surface area contributed by atoms with Crippen molar-refractivity contribution < 1.29 is 42.9 Å². The highest BCUT2D eigenvalue weighted by Crippen LogP contribution is 2.33. The Kier molecular flexibility index (Phi) is 7.51. The summed E-state index contributed by atoms with van der Waals surface area (Å²) >= 11 is 0. The Morgan fingerprint density at radius 2 is 1.81 bits per heavy atom. The molecule has 2 rings (SSSR count). The first kappa shape index (κ1) is 23.6. The van der Waals surface area contributed by atoms with Gasteiger partial charge in [0.15, 0.2) is 17.6 Å². The molecule has 0 unspecified atom stereocenters. The van der Waals surface area contributed by atoms with Crippen molar-refractivity contribution in [1.29, 1.82) is 0 Å². The minimum Gasteiger partial charge on any atom is -0.493 e. The summed E-state index contributed by atoms with van der Waals surface area (Å²) in [6.07, 6.45) is -0.0792. The maximum Gasteiger partial charge on any atom is 0.335 e. The fourth-order valence-electron chi connectivity index (χ4n) is 3.06. The number of imide groups is 1. The third-order valence-electron chi connectivity index (χ3n) is 4.36. The Morgan fingerprint density at radius 1 is 1.13 bits per heavy atom. The van der Waals surface area contributed by atoms with Gasteiger partial charge in [0.2, 0.25) is 5.91 Å². The molecule has 1 aromatic carbocycles. The van der Waals surface area contributed by atoms with E-state index in [2.05, 4.69) is 0 Å². The second-order valence-corrected chi connectivity index (χ2v) is 6.74. The number of likely N-dealkylation sites (tertiary alicyclic amines) is 1. The number of hydrogen-bond donors (Lipinski definition) is 0. The van der Waals surface area contributed by atoms with Gasteiger partial charge in [0.05, 0.1) is 32.8 Å². The van der Waals surface area contributed by atoms with Gasteiger partial charge in [-0.05, 0) is 36.3 Å². The van der Waals surface area contributed by atoms with Crippen molar-refractivity contribution in [2.45, 2.75) is 33.3 Å². The second kappa shape index (κ2) is 9.88. The van der Waals surface area contributed by atoms with Crippen LogP contribution < -0.4 is 9.47 Å². The highest BCUT2D eigenvalue weighted by molar-refractivity contribution is 6.07. The average Bonchev–Trinajstić information content (AvgIpc) is 2.94. The third kappa shape index (κ3) is 5.68. The lowest BCUT2D eigenvalue weighted by molar-refractivity contribution is -0.154. The summed E-state index contributed by atoms with van der Waals surface area (Å²) in [7, 11) is 2.56. The van der Waals surface area contributed by atoms with Crippen LogP contribution in [0.3, 0.4) is 0 Å². The molecule has 0 bridgehead atoms. The van der Waals surface area contributed by atoms with Crippen LogP contribution in [-0.4, -0.2) is 61.5 Å². The molecule has 31 heavy (non-hydrogen) atoms. The van der Waals surface area contributed by atoms with E-state index in [1.807, 2.05) is 0 Å². The monoisotopic (exact) mass is 433 g/mol. The molecule has 0 N–H and O–H groups in total. The fraction of sp³-hybridized carbons (Fsp3) is 0.381. The predicted molar refractivity (Wildman–Crippen MR) is 106 cm³/mol. The molecule has 0 radical (unpaired) electrons. The van der Waals surface area contributed by atoms with Crippen LogP contribution in [0.5, 0.6) is 11.5 Å². The van der Waals surface area contributed by atoms with E-state index in [1.54, 1.807) is 13.0 Å². The zero-order valence-corrected chi connectivity index (χ0v) is 17.8. The van der Waals surface area contributed by atoms with Crippen molar-refractivity contribution in [2.75, 3.05) is 20.8 Å². The molecule has 1 aliphatic rings. The number of nitrogens with zero attached hydrogens (tertiary/aromatic N) is 1. The van der Waals surface area contributed by atoms with E-state index in [1.165, 1.54) is 33.3 Å². The van der Waals surface area contributed by atoms with Gasteiger partial charge < -0.3 is 18.9 Å². The van der Waals surface area contributed by atoms with E-state index < -0.39 is 35.8 Å². The zero-order valence-electron chi connectivity index (χ0n) is 17.8. The zero-order chi connectivity index (χ0) is 23.3. The van der Waals surface area contributed by atoms with Crippen LogP contribution in [0.1, 0.15) is 31.4 Å². The molecule has 0 aromatic heterocycles. The van der Waals surface area contributed by atoms with Crippen LogP contribution >= 0.6 is 0 Å². The molecule has 0 aliphatic carbocycles. The fourth-order valence-corrected chi connectivity index (χ4v) is 3.06. The van der Waals surface area contributed by atoms with Crippen molar-refractivity contribution >= 4 is 35.8 Å². The number of methoxy groups -OCH3 is 2. The number of carbonyl (C=O) groups is 5. The molecule has 1 aromatic rings. The van der Waals surface area contributed by atoms with E-state index in [9.17, 15) is 24.0 Å². The number of aryl methyl sites for hydroxylation is 1.